The van der Waals surface area contributed by atoms with E-state index in [9.17, 15) is 4.79 Å². The van der Waals surface area contributed by atoms with Crippen molar-refractivity contribution in [1.29, 1.82) is 0 Å². The van der Waals surface area contributed by atoms with E-state index < -0.39 is 0 Å². The summed E-state index contributed by atoms with van der Waals surface area (Å²) in [6.07, 6.45) is 4.60. The van der Waals surface area contributed by atoms with Crippen LogP contribution < -0.4 is 0 Å². The summed E-state index contributed by atoms with van der Waals surface area (Å²) in [5.41, 5.74) is 1.18. The number of hydrogen-bond donors (Lipinski definition) is 0. The fraction of sp³-hybridized carbons (Fsp3) is 0.533. The highest BCUT2D eigenvalue weighted by molar-refractivity contribution is 7.99. The average Bonchev–Trinajstić information content (AvgIpc) is 3.09. The molecule has 1 aliphatic heterocycles. The normalized spacial score (nSPS) is 14.4. The molecule has 0 N–H and O–H groups in total. The second kappa shape index (κ2) is 7.28. The number of carbonyl (C=O) groups is 1. The first-order valence-electron chi connectivity index (χ1n) is 7.54. The van der Waals surface area contributed by atoms with Gasteiger partial charge in [-0.2, -0.15) is 11.3 Å². The summed E-state index contributed by atoms with van der Waals surface area (Å²) < 4.78 is 2.18. The zero-order valence-corrected chi connectivity index (χ0v) is 14.3. The number of nitrogens with zero attached hydrogens (tertiary/aromatic N) is 4. The van der Waals surface area contributed by atoms with Crippen LogP contribution in [0.25, 0.3) is 0 Å². The standard InChI is InChI=1S/C15H20N4OS2/c1-18(9-12-6-8-21-10-12)14(20)11-22-15-17-16-13-5-3-2-4-7-19(13)15/h6,8,10H,2-5,7,9,11H2,1H3. The first-order valence-corrected chi connectivity index (χ1v) is 9.47. The van der Waals surface area contributed by atoms with Crippen molar-refractivity contribution in [3.63, 3.8) is 0 Å². The van der Waals surface area contributed by atoms with Crippen molar-refractivity contribution in [2.75, 3.05) is 12.8 Å². The van der Waals surface area contributed by atoms with Gasteiger partial charge >= 0.3 is 0 Å². The highest BCUT2D eigenvalue weighted by atomic mass is 32.2. The van der Waals surface area contributed by atoms with Crippen molar-refractivity contribution in [2.24, 2.45) is 0 Å². The molecule has 0 saturated heterocycles. The first-order chi connectivity index (χ1) is 10.7. The monoisotopic (exact) mass is 336 g/mol. The molecule has 0 fully saturated rings. The lowest BCUT2D eigenvalue weighted by atomic mass is 10.2. The molecule has 1 aliphatic rings. The Labute approximate surface area is 138 Å². The van der Waals surface area contributed by atoms with Gasteiger partial charge in [-0.3, -0.25) is 4.79 Å². The minimum absolute atomic E-state index is 0.127. The number of rotatable bonds is 5. The molecule has 0 unspecified atom stereocenters. The van der Waals surface area contributed by atoms with Gasteiger partial charge in [0.2, 0.25) is 5.91 Å². The molecule has 0 aliphatic carbocycles. The van der Waals surface area contributed by atoms with Crippen LogP contribution in [0, 0.1) is 0 Å². The van der Waals surface area contributed by atoms with E-state index in [0.717, 1.165) is 23.9 Å². The molecule has 2 aromatic heterocycles. The van der Waals surface area contributed by atoms with E-state index in [2.05, 4.69) is 26.2 Å². The van der Waals surface area contributed by atoms with Gasteiger partial charge in [0.15, 0.2) is 5.16 Å². The summed E-state index contributed by atoms with van der Waals surface area (Å²) in [6.45, 7) is 1.64. The molecule has 22 heavy (non-hydrogen) atoms. The Balaban J connectivity index is 1.56. The van der Waals surface area contributed by atoms with Crippen LogP contribution in [0.3, 0.4) is 0 Å². The van der Waals surface area contributed by atoms with Gasteiger partial charge in [0.05, 0.1) is 5.75 Å². The SMILES string of the molecule is CN(Cc1ccsc1)C(=O)CSc1nnc2n1CCCCC2. The Hall–Kier alpha value is -1.34. The van der Waals surface area contributed by atoms with Crippen LogP contribution in [0.15, 0.2) is 22.0 Å². The molecule has 0 bridgehead atoms. The fourth-order valence-corrected chi connectivity index (χ4v) is 4.13. The van der Waals surface area contributed by atoms with Gasteiger partial charge in [0.1, 0.15) is 5.82 Å². The Kier molecular flexibility index (Phi) is 5.15. The van der Waals surface area contributed by atoms with Crippen LogP contribution in [0.5, 0.6) is 0 Å². The molecular formula is C15H20N4OS2. The Bertz CT molecular complexity index is 624. The van der Waals surface area contributed by atoms with Crippen molar-refractivity contribution >= 4 is 29.0 Å². The molecule has 0 saturated carbocycles. The lowest BCUT2D eigenvalue weighted by molar-refractivity contribution is -0.127. The number of fused-ring (bicyclic) bond motifs is 1. The van der Waals surface area contributed by atoms with Crippen molar-refractivity contribution < 1.29 is 4.79 Å². The Morgan fingerprint density at radius 1 is 1.41 bits per heavy atom. The van der Waals surface area contributed by atoms with Crippen LogP contribution >= 0.6 is 23.1 Å². The number of hydrogen-bond acceptors (Lipinski definition) is 5. The zero-order chi connectivity index (χ0) is 15.4. The van der Waals surface area contributed by atoms with E-state index in [4.69, 9.17) is 0 Å². The minimum Gasteiger partial charge on any atom is -0.341 e. The topological polar surface area (TPSA) is 51.0 Å². The summed E-state index contributed by atoms with van der Waals surface area (Å²) >= 11 is 3.16. The van der Waals surface area contributed by atoms with Gasteiger partial charge in [-0.15, -0.1) is 10.2 Å². The lowest BCUT2D eigenvalue weighted by Gasteiger charge is -2.16. The number of thiophene rings is 1. The van der Waals surface area contributed by atoms with Crippen molar-refractivity contribution in [1.82, 2.24) is 19.7 Å². The van der Waals surface area contributed by atoms with Crippen LogP contribution in [0.4, 0.5) is 0 Å². The van der Waals surface area contributed by atoms with Crippen LogP contribution in [-0.2, 0) is 24.3 Å². The highest BCUT2D eigenvalue weighted by Crippen LogP contribution is 2.22. The van der Waals surface area contributed by atoms with E-state index in [1.54, 1.807) is 16.2 Å². The number of thioether (sulfide) groups is 1. The van der Waals surface area contributed by atoms with Gasteiger partial charge in [-0.25, -0.2) is 0 Å². The third-order valence-corrected chi connectivity index (χ3v) is 5.51. The molecule has 0 aromatic carbocycles. The predicted molar refractivity (Wildman–Crippen MR) is 89.1 cm³/mol. The maximum Gasteiger partial charge on any atom is 0.233 e. The van der Waals surface area contributed by atoms with Gasteiger partial charge in [-0.05, 0) is 35.2 Å². The number of aryl methyl sites for hydroxylation is 1. The zero-order valence-electron chi connectivity index (χ0n) is 12.7. The van der Waals surface area contributed by atoms with Crippen LogP contribution in [0.2, 0.25) is 0 Å². The first kappa shape index (κ1) is 15.6. The van der Waals surface area contributed by atoms with Gasteiger partial charge in [-0.1, -0.05) is 18.2 Å². The summed E-state index contributed by atoms with van der Waals surface area (Å²) in [6, 6.07) is 2.06. The number of amides is 1. The molecule has 7 heteroatoms. The Morgan fingerprint density at radius 2 is 2.32 bits per heavy atom. The third-order valence-electron chi connectivity index (χ3n) is 3.83. The van der Waals surface area contributed by atoms with Crippen LogP contribution in [-0.4, -0.2) is 38.4 Å². The minimum atomic E-state index is 0.127. The van der Waals surface area contributed by atoms with Gasteiger partial charge in [0, 0.05) is 26.6 Å². The highest BCUT2D eigenvalue weighted by Gasteiger charge is 2.17. The molecule has 2 aromatic rings. The quantitative estimate of drug-likeness (QED) is 0.788. The molecule has 3 heterocycles. The average molecular weight is 336 g/mol. The van der Waals surface area contributed by atoms with Gasteiger partial charge < -0.3 is 9.47 Å². The maximum absolute atomic E-state index is 12.3. The molecule has 5 nitrogen and oxygen atoms in total. The lowest BCUT2D eigenvalue weighted by Crippen LogP contribution is -2.27. The second-order valence-electron chi connectivity index (χ2n) is 5.53. The van der Waals surface area contributed by atoms with Crippen LogP contribution in [0.1, 0.15) is 30.7 Å². The summed E-state index contributed by atoms with van der Waals surface area (Å²) in [4.78, 5) is 14.0. The summed E-state index contributed by atoms with van der Waals surface area (Å²) in [7, 11) is 1.85. The van der Waals surface area contributed by atoms with Gasteiger partial charge in [0.25, 0.3) is 0 Å². The van der Waals surface area contributed by atoms with E-state index in [-0.39, 0.29) is 5.91 Å². The molecule has 0 spiro atoms. The fourth-order valence-electron chi connectivity index (χ4n) is 2.55. The second-order valence-corrected chi connectivity index (χ2v) is 7.25. The smallest absolute Gasteiger partial charge is 0.233 e. The molecule has 3 rings (SSSR count). The molecule has 0 atom stereocenters. The molecule has 0 radical (unpaired) electrons. The van der Waals surface area contributed by atoms with Crippen molar-refractivity contribution in [3.8, 4) is 0 Å². The number of carbonyl (C=O) groups excluding carboxylic acids is 1. The molecule has 118 valence electrons. The number of aromatic nitrogens is 3. The van der Waals surface area contributed by atoms with E-state index in [1.807, 2.05) is 12.4 Å². The van der Waals surface area contributed by atoms with E-state index >= 15 is 0 Å². The maximum atomic E-state index is 12.3. The predicted octanol–water partition coefficient (Wildman–Crippen LogP) is 2.82. The van der Waals surface area contributed by atoms with Crippen molar-refractivity contribution in [3.05, 3.63) is 28.2 Å². The van der Waals surface area contributed by atoms with Crippen molar-refractivity contribution in [2.45, 2.75) is 43.9 Å². The largest absolute Gasteiger partial charge is 0.341 e. The summed E-state index contributed by atoms with van der Waals surface area (Å²) in [5.74, 6) is 1.61. The van der Waals surface area contributed by atoms with E-state index in [0.29, 0.717) is 12.3 Å². The van der Waals surface area contributed by atoms with E-state index in [1.165, 1.54) is 36.6 Å². The summed E-state index contributed by atoms with van der Waals surface area (Å²) in [5, 5.41) is 13.5. The third kappa shape index (κ3) is 3.70. The molecule has 1 amide bonds. The molecular weight excluding hydrogens is 316 g/mol. The Morgan fingerprint density at radius 3 is 3.14 bits per heavy atom.